The summed E-state index contributed by atoms with van der Waals surface area (Å²) in [6, 6.07) is 0. The molecule has 0 unspecified atom stereocenters. The molecule has 0 aliphatic carbocycles. The molecule has 0 aromatic carbocycles. The van der Waals surface area contributed by atoms with Crippen molar-refractivity contribution in [2.75, 3.05) is 39.6 Å². The van der Waals surface area contributed by atoms with Gasteiger partial charge >= 0.3 is 18.5 Å². The van der Waals surface area contributed by atoms with Crippen LogP contribution in [0.1, 0.15) is 13.3 Å². The van der Waals surface area contributed by atoms with Crippen molar-refractivity contribution in [1.29, 1.82) is 0 Å². The van der Waals surface area contributed by atoms with Crippen LogP contribution in [0.4, 0.5) is 14.4 Å². The summed E-state index contributed by atoms with van der Waals surface area (Å²) >= 11 is 0. The van der Waals surface area contributed by atoms with Gasteiger partial charge in [0.05, 0.1) is 5.41 Å². The molecule has 0 spiro atoms. The summed E-state index contributed by atoms with van der Waals surface area (Å²) in [7, 11) is 0. The van der Waals surface area contributed by atoms with Crippen LogP contribution in [0.15, 0.2) is 38.0 Å². The molecule has 0 atom stereocenters. The van der Waals surface area contributed by atoms with Crippen molar-refractivity contribution in [3.05, 3.63) is 38.0 Å². The van der Waals surface area contributed by atoms with Crippen molar-refractivity contribution in [3.63, 3.8) is 0 Å². The summed E-state index contributed by atoms with van der Waals surface area (Å²) in [6.07, 6.45) is 1.68. The number of ether oxygens (including phenoxy) is 6. The number of rotatable bonds is 13. The topological polar surface area (TPSA) is 107 Å². The number of hydrogen-bond acceptors (Lipinski definition) is 9. The van der Waals surface area contributed by atoms with Crippen molar-refractivity contribution in [1.82, 2.24) is 0 Å². The van der Waals surface area contributed by atoms with E-state index in [0.29, 0.717) is 6.42 Å². The summed E-state index contributed by atoms with van der Waals surface area (Å²) in [4.78, 5) is 34.6. The molecule has 0 amide bonds. The minimum absolute atomic E-state index is 0.0211. The largest absolute Gasteiger partial charge is 0.508 e. The van der Waals surface area contributed by atoms with E-state index in [1.165, 1.54) is 18.2 Å². The minimum atomic E-state index is -1.02. The molecule has 9 heteroatoms. The molecule has 0 saturated carbocycles. The Morgan fingerprint density at radius 2 is 0.963 bits per heavy atom. The summed E-state index contributed by atoms with van der Waals surface area (Å²) < 4.78 is 29.2. The Hall–Kier alpha value is -2.97. The highest BCUT2D eigenvalue weighted by molar-refractivity contribution is 5.61. The lowest BCUT2D eigenvalue weighted by Gasteiger charge is -2.30. The Labute approximate surface area is 158 Å². The van der Waals surface area contributed by atoms with Crippen molar-refractivity contribution in [3.8, 4) is 0 Å². The predicted octanol–water partition coefficient (Wildman–Crippen LogP) is 3.40. The van der Waals surface area contributed by atoms with Gasteiger partial charge in [0, 0.05) is 0 Å². The van der Waals surface area contributed by atoms with Crippen LogP contribution >= 0.6 is 0 Å². The maximum atomic E-state index is 11.5. The lowest BCUT2D eigenvalue weighted by Crippen LogP contribution is -2.39. The van der Waals surface area contributed by atoms with Crippen molar-refractivity contribution in [2.24, 2.45) is 5.41 Å². The van der Waals surface area contributed by atoms with E-state index in [1.807, 2.05) is 0 Å². The molecule has 152 valence electrons. The Morgan fingerprint density at radius 3 is 1.19 bits per heavy atom. The van der Waals surface area contributed by atoms with Crippen LogP contribution < -0.4 is 0 Å². The van der Waals surface area contributed by atoms with E-state index >= 15 is 0 Å². The maximum absolute atomic E-state index is 11.5. The molecule has 0 radical (unpaired) electrons. The molecule has 0 N–H and O–H groups in total. The summed E-state index contributed by atoms with van der Waals surface area (Å²) in [6.45, 7) is 11.2. The first-order chi connectivity index (χ1) is 12.9. The van der Waals surface area contributed by atoms with Gasteiger partial charge in [-0.2, -0.15) is 0 Å². The highest BCUT2D eigenvalue weighted by Crippen LogP contribution is 2.25. The highest BCUT2D eigenvalue weighted by atomic mass is 16.7. The summed E-state index contributed by atoms with van der Waals surface area (Å²) in [5.74, 6) is 0. The van der Waals surface area contributed by atoms with Crippen LogP contribution in [0.2, 0.25) is 0 Å². The third kappa shape index (κ3) is 11.3. The molecule has 0 fully saturated rings. The van der Waals surface area contributed by atoms with Crippen LogP contribution in [-0.4, -0.2) is 58.1 Å². The van der Waals surface area contributed by atoms with Crippen molar-refractivity contribution < 1.29 is 42.8 Å². The second kappa shape index (κ2) is 14.2. The van der Waals surface area contributed by atoms with Crippen LogP contribution in [-0.2, 0) is 28.4 Å². The van der Waals surface area contributed by atoms with Crippen molar-refractivity contribution in [2.45, 2.75) is 13.3 Å². The maximum Gasteiger partial charge on any atom is 0.508 e. The van der Waals surface area contributed by atoms with Gasteiger partial charge in [0.1, 0.15) is 39.6 Å². The molecule has 9 nitrogen and oxygen atoms in total. The van der Waals surface area contributed by atoms with Crippen LogP contribution in [0.3, 0.4) is 0 Å². The Bertz CT molecular complexity index is 444. The predicted molar refractivity (Wildman–Crippen MR) is 95.2 cm³/mol. The van der Waals surface area contributed by atoms with Crippen LogP contribution in [0.5, 0.6) is 0 Å². The average molecular weight is 386 g/mol. The van der Waals surface area contributed by atoms with Gasteiger partial charge < -0.3 is 28.4 Å². The van der Waals surface area contributed by atoms with Crippen LogP contribution in [0, 0.1) is 5.41 Å². The number of carbonyl (C=O) groups excluding carboxylic acids is 3. The number of carbonyl (C=O) groups is 3. The van der Waals surface area contributed by atoms with E-state index in [0.717, 1.165) is 0 Å². The van der Waals surface area contributed by atoms with Crippen LogP contribution in [0.25, 0.3) is 0 Å². The summed E-state index contributed by atoms with van der Waals surface area (Å²) in [5, 5.41) is 0. The van der Waals surface area contributed by atoms with E-state index in [4.69, 9.17) is 28.4 Å². The second-order valence-corrected chi connectivity index (χ2v) is 5.27. The second-order valence-electron chi connectivity index (χ2n) is 5.27. The minimum Gasteiger partial charge on any atom is -0.433 e. The van der Waals surface area contributed by atoms with Gasteiger partial charge in [-0.1, -0.05) is 44.9 Å². The van der Waals surface area contributed by atoms with E-state index in [1.54, 1.807) is 6.92 Å². The monoisotopic (exact) mass is 386 g/mol. The molecule has 0 aromatic heterocycles. The molecule has 0 aliphatic heterocycles. The van der Waals surface area contributed by atoms with Gasteiger partial charge in [-0.15, -0.1) is 0 Å². The first kappa shape index (κ1) is 24.0. The fourth-order valence-electron chi connectivity index (χ4n) is 1.57. The van der Waals surface area contributed by atoms with Gasteiger partial charge in [0.2, 0.25) is 0 Å². The molecular weight excluding hydrogens is 360 g/mol. The molecule has 0 bridgehead atoms. The van der Waals surface area contributed by atoms with E-state index in [-0.39, 0.29) is 39.6 Å². The first-order valence-corrected chi connectivity index (χ1v) is 8.14. The molecule has 0 heterocycles. The zero-order valence-corrected chi connectivity index (χ0v) is 15.5. The fraction of sp³-hybridized carbons (Fsp3) is 0.500. The van der Waals surface area contributed by atoms with Crippen molar-refractivity contribution >= 4 is 18.5 Å². The Kier molecular flexibility index (Phi) is 12.7. The summed E-state index contributed by atoms with van der Waals surface area (Å²) in [5.41, 5.74) is -1.02. The van der Waals surface area contributed by atoms with Gasteiger partial charge in [0.25, 0.3) is 0 Å². The standard InChI is InChI=1S/C18H26O9/c1-5-9-22-15(19)25-12-18(8-4,13-26-16(20)23-10-6-2)14-27-17(21)24-11-7-3/h5-7H,1-3,8-14H2,4H3. The quantitative estimate of drug-likeness (QED) is 0.267. The highest BCUT2D eigenvalue weighted by Gasteiger charge is 2.35. The molecular formula is C18H26O9. The Morgan fingerprint density at radius 1 is 0.667 bits per heavy atom. The van der Waals surface area contributed by atoms with Gasteiger partial charge in [-0.3, -0.25) is 0 Å². The lowest BCUT2D eigenvalue weighted by molar-refractivity contribution is -0.0527. The zero-order valence-electron chi connectivity index (χ0n) is 15.5. The van der Waals surface area contributed by atoms with E-state index in [9.17, 15) is 14.4 Å². The Balaban J connectivity index is 4.88. The van der Waals surface area contributed by atoms with E-state index < -0.39 is 23.9 Å². The third-order valence-corrected chi connectivity index (χ3v) is 3.20. The third-order valence-electron chi connectivity index (χ3n) is 3.20. The smallest absolute Gasteiger partial charge is 0.433 e. The first-order valence-electron chi connectivity index (χ1n) is 8.14. The van der Waals surface area contributed by atoms with E-state index in [2.05, 4.69) is 19.7 Å². The fourth-order valence-corrected chi connectivity index (χ4v) is 1.57. The molecule has 0 aliphatic rings. The molecule has 0 rings (SSSR count). The zero-order chi connectivity index (χ0) is 20.5. The lowest BCUT2D eigenvalue weighted by atomic mass is 9.88. The molecule has 0 saturated heterocycles. The normalized spacial score (nSPS) is 10.1. The number of hydrogen-bond donors (Lipinski definition) is 0. The SMILES string of the molecule is C=CCOC(=O)OCC(CC)(COC(=O)OCC=C)COC(=O)OCC=C. The molecule has 27 heavy (non-hydrogen) atoms. The van der Waals surface area contributed by atoms with Gasteiger partial charge in [0.15, 0.2) is 0 Å². The van der Waals surface area contributed by atoms with Gasteiger partial charge in [-0.25, -0.2) is 14.4 Å². The van der Waals surface area contributed by atoms with Gasteiger partial charge in [-0.05, 0) is 6.42 Å². The molecule has 0 aromatic rings. The average Bonchev–Trinajstić information content (AvgIpc) is 2.68.